The maximum Gasteiger partial charge on any atom is 0.114 e. The Morgan fingerprint density at radius 2 is 2.10 bits per heavy atom. The zero-order chi connectivity index (χ0) is 13.9. The van der Waals surface area contributed by atoms with Crippen molar-refractivity contribution in [3.05, 3.63) is 30.1 Å². The highest BCUT2D eigenvalue weighted by molar-refractivity contribution is 5.76. The van der Waals surface area contributed by atoms with Crippen molar-refractivity contribution in [3.8, 4) is 0 Å². The number of methoxy groups -OCH3 is 1. The monoisotopic (exact) mass is 273 g/mol. The molecule has 2 aromatic rings. The van der Waals surface area contributed by atoms with E-state index >= 15 is 0 Å². The highest BCUT2D eigenvalue weighted by atomic mass is 16.5. The quantitative estimate of drug-likeness (QED) is 0.931. The van der Waals surface area contributed by atoms with E-state index in [9.17, 15) is 0 Å². The molecule has 0 spiro atoms. The molecule has 0 bridgehead atoms. The summed E-state index contributed by atoms with van der Waals surface area (Å²) in [7, 11) is 1.74. The number of aromatic nitrogens is 2. The minimum Gasteiger partial charge on any atom is -0.383 e. The van der Waals surface area contributed by atoms with Crippen molar-refractivity contribution in [2.24, 2.45) is 5.73 Å². The summed E-state index contributed by atoms with van der Waals surface area (Å²) >= 11 is 0. The molecule has 4 heteroatoms. The third-order valence-corrected chi connectivity index (χ3v) is 4.35. The van der Waals surface area contributed by atoms with Gasteiger partial charge in [0.25, 0.3) is 0 Å². The number of hydrogen-bond donors (Lipinski definition) is 1. The maximum atomic E-state index is 6.35. The Balaban J connectivity index is 2.03. The van der Waals surface area contributed by atoms with Gasteiger partial charge in [0.1, 0.15) is 5.82 Å². The topological polar surface area (TPSA) is 53.1 Å². The van der Waals surface area contributed by atoms with Crippen LogP contribution >= 0.6 is 0 Å². The molecule has 4 nitrogen and oxygen atoms in total. The van der Waals surface area contributed by atoms with Gasteiger partial charge in [-0.05, 0) is 25.0 Å². The van der Waals surface area contributed by atoms with Crippen molar-refractivity contribution >= 4 is 11.0 Å². The second-order valence-electron chi connectivity index (χ2n) is 5.66. The summed E-state index contributed by atoms with van der Waals surface area (Å²) in [5.74, 6) is 1.53. The molecular weight excluding hydrogens is 250 g/mol. The fraction of sp³-hybridized carbons (Fsp3) is 0.562. The Hall–Kier alpha value is -1.39. The van der Waals surface area contributed by atoms with E-state index in [2.05, 4.69) is 22.8 Å². The predicted molar refractivity (Wildman–Crippen MR) is 80.8 cm³/mol. The summed E-state index contributed by atoms with van der Waals surface area (Å²) in [6, 6.07) is 8.56. The lowest BCUT2D eigenvalue weighted by Crippen LogP contribution is -2.33. The fourth-order valence-electron chi connectivity index (χ4n) is 3.27. The number of rotatable bonds is 4. The molecule has 0 aliphatic heterocycles. The van der Waals surface area contributed by atoms with Crippen LogP contribution in [0.4, 0.5) is 0 Å². The molecule has 1 aromatic carbocycles. The molecule has 0 radical (unpaired) electrons. The Labute approximate surface area is 119 Å². The summed E-state index contributed by atoms with van der Waals surface area (Å²) in [6.07, 6.45) is 4.76. The molecule has 0 amide bonds. The van der Waals surface area contributed by atoms with Crippen molar-refractivity contribution in [2.75, 3.05) is 13.7 Å². The lowest BCUT2D eigenvalue weighted by atomic mass is 9.84. The van der Waals surface area contributed by atoms with Gasteiger partial charge in [-0.2, -0.15) is 0 Å². The summed E-state index contributed by atoms with van der Waals surface area (Å²) < 4.78 is 7.55. The van der Waals surface area contributed by atoms with Crippen LogP contribution in [0.1, 0.15) is 37.4 Å². The lowest BCUT2D eigenvalue weighted by Gasteiger charge is -2.28. The van der Waals surface area contributed by atoms with E-state index in [0.717, 1.165) is 30.7 Å². The van der Waals surface area contributed by atoms with Crippen LogP contribution in [-0.4, -0.2) is 29.3 Å². The largest absolute Gasteiger partial charge is 0.383 e. The molecule has 0 saturated heterocycles. The zero-order valence-corrected chi connectivity index (χ0v) is 12.1. The molecule has 1 aromatic heterocycles. The average Bonchev–Trinajstić information content (AvgIpc) is 2.84. The predicted octanol–water partition coefficient (Wildman–Crippen LogP) is 2.67. The van der Waals surface area contributed by atoms with Crippen LogP contribution < -0.4 is 5.73 Å². The normalized spacial score (nSPS) is 23.3. The molecule has 1 saturated carbocycles. The molecule has 1 aliphatic rings. The van der Waals surface area contributed by atoms with E-state index in [1.807, 2.05) is 6.07 Å². The van der Waals surface area contributed by atoms with Crippen molar-refractivity contribution in [3.63, 3.8) is 0 Å². The Bertz CT molecular complexity index is 578. The molecule has 1 fully saturated rings. The molecule has 2 unspecified atom stereocenters. The highest BCUT2D eigenvalue weighted by Gasteiger charge is 2.28. The van der Waals surface area contributed by atoms with Gasteiger partial charge in [0, 0.05) is 25.6 Å². The first-order valence-electron chi connectivity index (χ1n) is 7.51. The Kier molecular flexibility index (Phi) is 4.03. The second-order valence-corrected chi connectivity index (χ2v) is 5.66. The van der Waals surface area contributed by atoms with Crippen molar-refractivity contribution in [1.82, 2.24) is 9.55 Å². The Morgan fingerprint density at radius 3 is 2.90 bits per heavy atom. The van der Waals surface area contributed by atoms with Gasteiger partial charge >= 0.3 is 0 Å². The molecular formula is C16H23N3O. The maximum absolute atomic E-state index is 6.35. The second kappa shape index (κ2) is 5.94. The van der Waals surface area contributed by atoms with Gasteiger partial charge in [0.05, 0.1) is 17.6 Å². The van der Waals surface area contributed by atoms with E-state index in [1.54, 1.807) is 7.11 Å². The van der Waals surface area contributed by atoms with Gasteiger partial charge in [0.15, 0.2) is 0 Å². The number of hydrogen-bond acceptors (Lipinski definition) is 3. The van der Waals surface area contributed by atoms with E-state index in [1.165, 1.54) is 18.4 Å². The van der Waals surface area contributed by atoms with Crippen molar-refractivity contribution in [1.29, 1.82) is 0 Å². The van der Waals surface area contributed by atoms with Crippen molar-refractivity contribution < 1.29 is 4.74 Å². The van der Waals surface area contributed by atoms with Crippen LogP contribution in [0.15, 0.2) is 24.3 Å². The van der Waals surface area contributed by atoms with Gasteiger partial charge in [-0.15, -0.1) is 0 Å². The van der Waals surface area contributed by atoms with Crippen LogP contribution in [0.3, 0.4) is 0 Å². The minimum absolute atomic E-state index is 0.238. The average molecular weight is 273 g/mol. The van der Waals surface area contributed by atoms with Gasteiger partial charge in [-0.25, -0.2) is 4.98 Å². The fourth-order valence-corrected chi connectivity index (χ4v) is 3.27. The smallest absolute Gasteiger partial charge is 0.114 e. The molecule has 3 rings (SSSR count). The summed E-state index contributed by atoms with van der Waals surface area (Å²) in [4.78, 5) is 4.87. The summed E-state index contributed by atoms with van der Waals surface area (Å²) in [5, 5.41) is 0. The number of nitrogens with two attached hydrogens (primary N) is 1. The van der Waals surface area contributed by atoms with Crippen LogP contribution in [0.5, 0.6) is 0 Å². The van der Waals surface area contributed by atoms with E-state index < -0.39 is 0 Å². The molecule has 108 valence electrons. The first kappa shape index (κ1) is 13.6. The number of ether oxygens (including phenoxy) is 1. The lowest BCUT2D eigenvalue weighted by molar-refractivity contribution is 0.186. The van der Waals surface area contributed by atoms with E-state index in [0.29, 0.717) is 12.5 Å². The van der Waals surface area contributed by atoms with Gasteiger partial charge < -0.3 is 15.0 Å². The van der Waals surface area contributed by atoms with E-state index in [4.69, 9.17) is 15.5 Å². The standard InChI is InChI=1S/C16H23N3O/c1-20-11-10-19-15-9-5-4-8-14(15)18-16(19)12-6-2-3-7-13(12)17/h4-5,8-9,12-13H,2-3,6-7,10-11,17H2,1H3. The van der Waals surface area contributed by atoms with Gasteiger partial charge in [0.2, 0.25) is 0 Å². The molecule has 2 N–H and O–H groups in total. The van der Waals surface area contributed by atoms with Crippen LogP contribution in [0.25, 0.3) is 11.0 Å². The number of benzene rings is 1. The molecule has 20 heavy (non-hydrogen) atoms. The SMILES string of the molecule is COCCn1c(C2CCCCC2N)nc2ccccc21. The van der Waals surface area contributed by atoms with Gasteiger partial charge in [-0.1, -0.05) is 25.0 Å². The first-order valence-corrected chi connectivity index (χ1v) is 7.51. The highest BCUT2D eigenvalue weighted by Crippen LogP contribution is 2.33. The van der Waals surface area contributed by atoms with Crippen LogP contribution in [-0.2, 0) is 11.3 Å². The Morgan fingerprint density at radius 1 is 1.30 bits per heavy atom. The molecule has 1 aliphatic carbocycles. The van der Waals surface area contributed by atoms with Crippen LogP contribution in [0, 0.1) is 0 Å². The number of para-hydroxylation sites is 2. The number of nitrogens with zero attached hydrogens (tertiary/aromatic N) is 2. The third-order valence-electron chi connectivity index (χ3n) is 4.35. The number of fused-ring (bicyclic) bond motifs is 1. The minimum atomic E-state index is 0.238. The summed E-state index contributed by atoms with van der Waals surface area (Å²) in [5.41, 5.74) is 8.60. The van der Waals surface area contributed by atoms with Crippen molar-refractivity contribution in [2.45, 2.75) is 44.2 Å². The summed E-state index contributed by atoms with van der Waals surface area (Å²) in [6.45, 7) is 1.55. The zero-order valence-electron chi connectivity index (χ0n) is 12.1. The third kappa shape index (κ3) is 2.45. The first-order chi connectivity index (χ1) is 9.81. The number of imidazole rings is 1. The molecule has 1 heterocycles. The molecule has 2 atom stereocenters. The van der Waals surface area contributed by atoms with Gasteiger partial charge in [-0.3, -0.25) is 0 Å². The van der Waals surface area contributed by atoms with E-state index in [-0.39, 0.29) is 6.04 Å². The van der Waals surface area contributed by atoms with Crippen LogP contribution in [0.2, 0.25) is 0 Å².